The molecule has 0 aliphatic carbocycles. The minimum atomic E-state index is 0.683. The molecule has 2 aromatic rings. The topological polar surface area (TPSA) is 43.4 Å². The van der Waals surface area contributed by atoms with Gasteiger partial charge in [0.2, 0.25) is 0 Å². The van der Waals surface area contributed by atoms with Gasteiger partial charge in [0.25, 0.3) is 0 Å². The molecular weight excluding hydrogens is 272 g/mol. The third-order valence-electron chi connectivity index (χ3n) is 2.78. The van der Waals surface area contributed by atoms with Crippen LogP contribution in [0.3, 0.4) is 0 Å². The largest absolute Gasteiger partial charge is 0.493 e. The molecule has 0 atom stereocenters. The van der Waals surface area contributed by atoms with Crippen molar-refractivity contribution in [2.75, 3.05) is 20.8 Å². The number of nitrogens with one attached hydrogen (secondary N) is 1. The third-order valence-corrected chi connectivity index (χ3v) is 3.82. The van der Waals surface area contributed by atoms with E-state index in [-0.39, 0.29) is 0 Å². The Morgan fingerprint density at radius 3 is 2.85 bits per heavy atom. The summed E-state index contributed by atoms with van der Waals surface area (Å²) in [5.74, 6) is 1.53. The molecular formula is C15H20N2O2S. The summed E-state index contributed by atoms with van der Waals surface area (Å²) >= 11 is 1.69. The summed E-state index contributed by atoms with van der Waals surface area (Å²) in [5.41, 5.74) is 1.06. The van der Waals surface area contributed by atoms with Gasteiger partial charge in [0, 0.05) is 23.2 Å². The second-order valence-electron chi connectivity index (χ2n) is 4.38. The lowest BCUT2D eigenvalue weighted by molar-refractivity contribution is 0.294. The van der Waals surface area contributed by atoms with Crippen LogP contribution in [0.1, 0.15) is 18.2 Å². The molecule has 0 radical (unpaired) electrons. The molecule has 0 aliphatic rings. The maximum absolute atomic E-state index is 5.73. The monoisotopic (exact) mass is 292 g/mol. The quantitative estimate of drug-likeness (QED) is 0.850. The van der Waals surface area contributed by atoms with Crippen LogP contribution in [0.15, 0.2) is 24.4 Å². The minimum absolute atomic E-state index is 0.683. The van der Waals surface area contributed by atoms with Gasteiger partial charge >= 0.3 is 0 Å². The van der Waals surface area contributed by atoms with E-state index >= 15 is 0 Å². The number of hydrogen-bond donors (Lipinski definition) is 1. The summed E-state index contributed by atoms with van der Waals surface area (Å²) in [5, 5.41) is 4.13. The SMILES string of the molecule is CCCOc1cc(-c2ncc(CNC)s2)ccc1OC. The van der Waals surface area contributed by atoms with Crippen molar-refractivity contribution in [3.63, 3.8) is 0 Å². The van der Waals surface area contributed by atoms with Crippen molar-refractivity contribution in [2.45, 2.75) is 19.9 Å². The molecule has 4 nitrogen and oxygen atoms in total. The highest BCUT2D eigenvalue weighted by atomic mass is 32.1. The van der Waals surface area contributed by atoms with E-state index in [4.69, 9.17) is 9.47 Å². The van der Waals surface area contributed by atoms with Crippen molar-refractivity contribution in [2.24, 2.45) is 0 Å². The maximum atomic E-state index is 5.73. The highest BCUT2D eigenvalue weighted by Crippen LogP contribution is 2.34. The molecule has 0 unspecified atom stereocenters. The first-order valence-corrected chi connectivity index (χ1v) is 7.50. The third kappa shape index (κ3) is 3.49. The Morgan fingerprint density at radius 2 is 2.15 bits per heavy atom. The van der Waals surface area contributed by atoms with Crippen LogP contribution in [0.5, 0.6) is 11.5 Å². The summed E-state index contributed by atoms with van der Waals surface area (Å²) in [4.78, 5) is 5.68. The summed E-state index contributed by atoms with van der Waals surface area (Å²) in [7, 11) is 3.59. The lowest BCUT2D eigenvalue weighted by atomic mass is 10.2. The molecule has 0 amide bonds. The number of nitrogens with zero attached hydrogens (tertiary/aromatic N) is 1. The van der Waals surface area contributed by atoms with Crippen molar-refractivity contribution in [1.82, 2.24) is 10.3 Å². The highest BCUT2D eigenvalue weighted by molar-refractivity contribution is 7.15. The van der Waals surface area contributed by atoms with Gasteiger partial charge < -0.3 is 14.8 Å². The number of hydrogen-bond acceptors (Lipinski definition) is 5. The molecule has 0 saturated heterocycles. The smallest absolute Gasteiger partial charge is 0.161 e. The first kappa shape index (κ1) is 14.8. The highest BCUT2D eigenvalue weighted by Gasteiger charge is 2.10. The van der Waals surface area contributed by atoms with Crippen LogP contribution in [0.4, 0.5) is 0 Å². The van der Waals surface area contributed by atoms with Gasteiger partial charge in [0.1, 0.15) is 5.01 Å². The molecule has 2 rings (SSSR count). The molecule has 0 bridgehead atoms. The van der Waals surface area contributed by atoms with Gasteiger partial charge in [0.15, 0.2) is 11.5 Å². The van der Waals surface area contributed by atoms with Crippen LogP contribution in [-0.4, -0.2) is 25.7 Å². The fourth-order valence-corrected chi connectivity index (χ4v) is 2.75. The Labute approximate surface area is 123 Å². The van der Waals surface area contributed by atoms with Gasteiger partial charge in [-0.05, 0) is 31.7 Å². The van der Waals surface area contributed by atoms with E-state index in [1.165, 1.54) is 4.88 Å². The van der Waals surface area contributed by atoms with Crippen LogP contribution in [0.25, 0.3) is 10.6 Å². The average molecular weight is 292 g/mol. The molecule has 20 heavy (non-hydrogen) atoms. The number of aromatic nitrogens is 1. The van der Waals surface area contributed by atoms with Crippen LogP contribution < -0.4 is 14.8 Å². The van der Waals surface area contributed by atoms with Crippen molar-refractivity contribution >= 4 is 11.3 Å². The predicted molar refractivity (Wildman–Crippen MR) is 82.7 cm³/mol. The molecule has 0 fully saturated rings. The van der Waals surface area contributed by atoms with Crippen molar-refractivity contribution in [3.8, 4) is 22.1 Å². The molecule has 1 aromatic carbocycles. The van der Waals surface area contributed by atoms with E-state index in [1.807, 2.05) is 31.4 Å². The first-order chi connectivity index (χ1) is 9.78. The standard InChI is InChI=1S/C15H20N2O2S/c1-4-7-19-14-8-11(5-6-13(14)18-3)15-17-10-12(20-15)9-16-2/h5-6,8,10,16H,4,7,9H2,1-3H3. The van der Waals surface area contributed by atoms with Gasteiger partial charge in [-0.15, -0.1) is 11.3 Å². The molecule has 5 heteroatoms. The normalized spacial score (nSPS) is 10.6. The lowest BCUT2D eigenvalue weighted by Gasteiger charge is -2.10. The lowest BCUT2D eigenvalue weighted by Crippen LogP contribution is -2.02. The van der Waals surface area contributed by atoms with E-state index in [1.54, 1.807) is 18.4 Å². The summed E-state index contributed by atoms with van der Waals surface area (Å²) in [6, 6.07) is 5.94. The summed E-state index contributed by atoms with van der Waals surface area (Å²) in [6.45, 7) is 3.61. The van der Waals surface area contributed by atoms with Gasteiger partial charge in [-0.1, -0.05) is 6.92 Å². The second-order valence-corrected chi connectivity index (χ2v) is 5.49. The van der Waals surface area contributed by atoms with Gasteiger partial charge in [0.05, 0.1) is 13.7 Å². The van der Waals surface area contributed by atoms with E-state index in [2.05, 4.69) is 17.2 Å². The Hall–Kier alpha value is -1.59. The zero-order chi connectivity index (χ0) is 14.4. The van der Waals surface area contributed by atoms with Crippen LogP contribution >= 0.6 is 11.3 Å². The first-order valence-electron chi connectivity index (χ1n) is 6.69. The van der Waals surface area contributed by atoms with E-state index in [0.717, 1.165) is 35.0 Å². The molecule has 0 saturated carbocycles. The average Bonchev–Trinajstić information content (AvgIpc) is 2.94. The van der Waals surface area contributed by atoms with Crippen molar-refractivity contribution in [1.29, 1.82) is 0 Å². The second kappa shape index (κ2) is 7.26. The molecule has 108 valence electrons. The Kier molecular flexibility index (Phi) is 5.38. The minimum Gasteiger partial charge on any atom is -0.493 e. The zero-order valence-corrected chi connectivity index (χ0v) is 12.9. The van der Waals surface area contributed by atoms with Crippen LogP contribution in [0.2, 0.25) is 0 Å². The van der Waals surface area contributed by atoms with Crippen LogP contribution in [0, 0.1) is 0 Å². The van der Waals surface area contributed by atoms with E-state index in [0.29, 0.717) is 6.61 Å². The number of methoxy groups -OCH3 is 1. The molecule has 0 aliphatic heterocycles. The number of ether oxygens (including phenoxy) is 2. The van der Waals surface area contributed by atoms with E-state index < -0.39 is 0 Å². The zero-order valence-electron chi connectivity index (χ0n) is 12.1. The molecule has 1 heterocycles. The van der Waals surface area contributed by atoms with Crippen molar-refractivity contribution < 1.29 is 9.47 Å². The molecule has 0 spiro atoms. The fraction of sp³-hybridized carbons (Fsp3) is 0.400. The summed E-state index contributed by atoms with van der Waals surface area (Å²) in [6.07, 6.45) is 2.88. The molecule has 1 aromatic heterocycles. The summed E-state index contributed by atoms with van der Waals surface area (Å²) < 4.78 is 11.1. The van der Waals surface area contributed by atoms with Crippen LogP contribution in [-0.2, 0) is 6.54 Å². The Bertz CT molecular complexity index is 555. The number of benzene rings is 1. The van der Waals surface area contributed by atoms with Crippen molar-refractivity contribution in [3.05, 3.63) is 29.3 Å². The van der Waals surface area contributed by atoms with E-state index in [9.17, 15) is 0 Å². The Morgan fingerprint density at radius 1 is 1.30 bits per heavy atom. The number of rotatable bonds is 7. The van der Waals surface area contributed by atoms with Gasteiger partial charge in [-0.3, -0.25) is 0 Å². The predicted octanol–water partition coefficient (Wildman–Crippen LogP) is 3.33. The number of thiazole rings is 1. The maximum Gasteiger partial charge on any atom is 0.161 e. The fourth-order valence-electron chi connectivity index (χ4n) is 1.83. The Balaban J connectivity index is 2.26. The van der Waals surface area contributed by atoms with Gasteiger partial charge in [-0.25, -0.2) is 4.98 Å². The van der Waals surface area contributed by atoms with Gasteiger partial charge in [-0.2, -0.15) is 0 Å². The molecule has 1 N–H and O–H groups in total.